The van der Waals surface area contributed by atoms with Crippen molar-refractivity contribution in [1.82, 2.24) is 10.2 Å². The minimum atomic E-state index is -0.348. The van der Waals surface area contributed by atoms with E-state index in [9.17, 15) is 4.79 Å². The van der Waals surface area contributed by atoms with Crippen LogP contribution in [0.2, 0.25) is 0 Å². The zero-order valence-electron chi connectivity index (χ0n) is 19.9. The molecular formula is C25H38N2O5. The van der Waals surface area contributed by atoms with E-state index in [2.05, 4.69) is 36.2 Å². The van der Waals surface area contributed by atoms with Crippen LogP contribution in [-0.4, -0.2) is 70.6 Å². The van der Waals surface area contributed by atoms with Crippen molar-refractivity contribution in [3.05, 3.63) is 23.3 Å². The number of methoxy groups -OCH3 is 2. The first-order chi connectivity index (χ1) is 15.5. The second kappa shape index (κ2) is 10.4. The topological polar surface area (TPSA) is 69.3 Å². The molecule has 0 spiro atoms. The summed E-state index contributed by atoms with van der Waals surface area (Å²) in [6.07, 6.45) is 3.16. The van der Waals surface area contributed by atoms with Gasteiger partial charge in [0, 0.05) is 25.7 Å². The van der Waals surface area contributed by atoms with Crippen LogP contribution in [0.15, 0.2) is 12.1 Å². The van der Waals surface area contributed by atoms with Crippen LogP contribution in [-0.2, 0) is 20.7 Å². The van der Waals surface area contributed by atoms with Gasteiger partial charge in [0.25, 0.3) is 0 Å². The van der Waals surface area contributed by atoms with Crippen LogP contribution >= 0.6 is 0 Å². The van der Waals surface area contributed by atoms with Gasteiger partial charge in [-0.3, -0.25) is 9.69 Å². The molecule has 0 aliphatic carbocycles. The molecule has 2 saturated heterocycles. The lowest BCUT2D eigenvalue weighted by Crippen LogP contribution is -2.49. The van der Waals surface area contributed by atoms with Gasteiger partial charge in [-0.1, -0.05) is 13.8 Å². The van der Waals surface area contributed by atoms with E-state index in [1.165, 1.54) is 11.1 Å². The van der Waals surface area contributed by atoms with Crippen molar-refractivity contribution in [3.63, 3.8) is 0 Å². The number of carbonyl (C=O) groups excluding carboxylic acids is 1. The van der Waals surface area contributed by atoms with Crippen LogP contribution in [0.3, 0.4) is 0 Å². The number of morpholine rings is 1. The molecular weight excluding hydrogens is 408 g/mol. The number of fused-ring (bicyclic) bond motifs is 3. The maximum absolute atomic E-state index is 12.6. The summed E-state index contributed by atoms with van der Waals surface area (Å²) in [5.74, 6) is 2.86. The Morgan fingerprint density at radius 3 is 2.69 bits per heavy atom. The zero-order valence-corrected chi connectivity index (χ0v) is 19.9. The lowest BCUT2D eigenvalue weighted by molar-refractivity contribution is -0.152. The largest absolute Gasteiger partial charge is 0.493 e. The summed E-state index contributed by atoms with van der Waals surface area (Å²) in [5, 5.41) is 3.20. The monoisotopic (exact) mass is 446 g/mol. The molecule has 0 aromatic heterocycles. The van der Waals surface area contributed by atoms with Crippen molar-refractivity contribution in [1.29, 1.82) is 0 Å². The van der Waals surface area contributed by atoms with E-state index < -0.39 is 0 Å². The molecule has 0 amide bonds. The summed E-state index contributed by atoms with van der Waals surface area (Å²) in [5.41, 5.74) is 2.67. The van der Waals surface area contributed by atoms with E-state index in [4.69, 9.17) is 18.9 Å². The molecule has 3 heterocycles. The van der Waals surface area contributed by atoms with Crippen molar-refractivity contribution >= 4 is 5.97 Å². The Kier molecular flexibility index (Phi) is 7.59. The number of benzene rings is 1. The number of hydrogen-bond donors (Lipinski definition) is 1. The molecule has 0 saturated carbocycles. The summed E-state index contributed by atoms with van der Waals surface area (Å²) in [6, 6.07) is 4.26. The molecule has 4 unspecified atom stereocenters. The number of ether oxygens (including phenoxy) is 4. The van der Waals surface area contributed by atoms with E-state index in [0.717, 1.165) is 43.9 Å². The van der Waals surface area contributed by atoms with Gasteiger partial charge in [-0.15, -0.1) is 0 Å². The summed E-state index contributed by atoms with van der Waals surface area (Å²) in [7, 11) is 3.38. The van der Waals surface area contributed by atoms with Gasteiger partial charge in [0.15, 0.2) is 11.5 Å². The van der Waals surface area contributed by atoms with Gasteiger partial charge >= 0.3 is 5.97 Å². The lowest BCUT2D eigenvalue weighted by Gasteiger charge is -2.47. The van der Waals surface area contributed by atoms with E-state index in [-0.39, 0.29) is 12.0 Å². The highest BCUT2D eigenvalue weighted by molar-refractivity contribution is 5.76. The summed E-state index contributed by atoms with van der Waals surface area (Å²) < 4.78 is 22.4. The number of carbonyl (C=O) groups is 1. The molecule has 3 aliphatic rings. The van der Waals surface area contributed by atoms with Crippen LogP contribution in [0, 0.1) is 17.8 Å². The molecule has 0 radical (unpaired) electrons. The van der Waals surface area contributed by atoms with Crippen LogP contribution < -0.4 is 14.8 Å². The summed E-state index contributed by atoms with van der Waals surface area (Å²) >= 11 is 0. The zero-order chi connectivity index (χ0) is 22.7. The van der Waals surface area contributed by atoms with Crippen LogP contribution in [0.5, 0.6) is 11.5 Å². The van der Waals surface area contributed by atoms with E-state index >= 15 is 0 Å². The number of nitrogens with one attached hydrogen (secondary N) is 1. The predicted octanol–water partition coefficient (Wildman–Crippen LogP) is 2.82. The van der Waals surface area contributed by atoms with Crippen molar-refractivity contribution in [2.45, 2.75) is 45.2 Å². The van der Waals surface area contributed by atoms with Crippen molar-refractivity contribution < 1.29 is 23.7 Å². The highest BCUT2D eigenvalue weighted by atomic mass is 16.5. The highest BCUT2D eigenvalue weighted by Gasteiger charge is 2.40. The SMILES string of the molecule is COc1cc2c(cc1OC)C1CC(COC(=O)C3COCCN3)C(CC(C)C)CN1CC2. The van der Waals surface area contributed by atoms with Gasteiger partial charge in [0.05, 0.1) is 34.0 Å². The average Bonchev–Trinajstić information content (AvgIpc) is 2.81. The third-order valence-corrected chi connectivity index (χ3v) is 7.20. The Bertz CT molecular complexity index is 793. The van der Waals surface area contributed by atoms with E-state index in [0.29, 0.717) is 50.2 Å². The van der Waals surface area contributed by atoms with Crippen LogP contribution in [0.4, 0.5) is 0 Å². The van der Waals surface area contributed by atoms with E-state index in [1.807, 2.05) is 0 Å². The van der Waals surface area contributed by atoms with Gasteiger partial charge < -0.3 is 24.3 Å². The van der Waals surface area contributed by atoms with Crippen molar-refractivity contribution in [3.8, 4) is 11.5 Å². The van der Waals surface area contributed by atoms with Crippen LogP contribution in [0.1, 0.15) is 43.9 Å². The average molecular weight is 447 g/mol. The Balaban J connectivity index is 1.51. The summed E-state index contributed by atoms with van der Waals surface area (Å²) in [4.78, 5) is 15.2. The molecule has 32 heavy (non-hydrogen) atoms. The molecule has 178 valence electrons. The second-order valence-corrected chi connectivity index (χ2v) is 9.76. The van der Waals surface area contributed by atoms with Gasteiger partial charge in [0.2, 0.25) is 0 Å². The fraction of sp³-hybridized carbons (Fsp3) is 0.720. The molecule has 2 fully saturated rings. The Morgan fingerprint density at radius 1 is 1.22 bits per heavy atom. The number of nitrogens with zero attached hydrogens (tertiary/aromatic N) is 1. The predicted molar refractivity (Wildman–Crippen MR) is 122 cm³/mol. The van der Waals surface area contributed by atoms with Gasteiger partial charge in [-0.25, -0.2) is 0 Å². The lowest BCUT2D eigenvalue weighted by atomic mass is 9.74. The normalized spacial score (nSPS) is 28.0. The smallest absolute Gasteiger partial charge is 0.325 e. The van der Waals surface area contributed by atoms with Crippen molar-refractivity contribution in [2.24, 2.45) is 17.8 Å². The second-order valence-electron chi connectivity index (χ2n) is 9.76. The summed E-state index contributed by atoms with van der Waals surface area (Å²) in [6.45, 7) is 8.86. The maximum atomic E-state index is 12.6. The Labute approximate surface area is 191 Å². The Morgan fingerprint density at radius 2 is 2.00 bits per heavy atom. The van der Waals surface area contributed by atoms with Crippen LogP contribution in [0.25, 0.3) is 0 Å². The number of hydrogen-bond acceptors (Lipinski definition) is 7. The van der Waals surface area contributed by atoms with Gasteiger partial charge in [0.1, 0.15) is 6.04 Å². The first-order valence-corrected chi connectivity index (χ1v) is 12.0. The molecule has 3 aliphatic heterocycles. The van der Waals surface area contributed by atoms with E-state index in [1.54, 1.807) is 14.2 Å². The molecule has 0 bridgehead atoms. The minimum absolute atomic E-state index is 0.189. The van der Waals surface area contributed by atoms with Crippen molar-refractivity contribution in [2.75, 3.05) is 53.7 Å². The molecule has 4 rings (SSSR count). The third-order valence-electron chi connectivity index (χ3n) is 7.20. The standard InChI is InChI=1S/C25H38N2O5/c1-16(2)9-18-13-27-7-5-17-11-23(29-3)24(30-4)12-20(17)22(27)10-19(18)14-32-25(28)21-15-31-8-6-26-21/h11-12,16,18-19,21-22,26H,5-10,13-15H2,1-4H3. The fourth-order valence-electron chi connectivity index (χ4n) is 5.59. The molecule has 4 atom stereocenters. The third kappa shape index (κ3) is 5.05. The minimum Gasteiger partial charge on any atom is -0.493 e. The molecule has 7 nitrogen and oxygen atoms in total. The highest BCUT2D eigenvalue weighted by Crippen LogP contribution is 2.45. The maximum Gasteiger partial charge on any atom is 0.325 e. The fourth-order valence-corrected chi connectivity index (χ4v) is 5.59. The number of esters is 1. The first-order valence-electron chi connectivity index (χ1n) is 12.0. The molecule has 1 N–H and O–H groups in total. The first kappa shape index (κ1) is 23.3. The number of rotatable bonds is 7. The molecule has 1 aromatic rings. The Hall–Kier alpha value is -1.83. The number of piperidine rings is 1. The van der Waals surface area contributed by atoms with Gasteiger partial charge in [-0.05, 0) is 60.3 Å². The quantitative estimate of drug-likeness (QED) is 0.646. The van der Waals surface area contributed by atoms with Gasteiger partial charge in [-0.2, -0.15) is 0 Å². The molecule has 7 heteroatoms. The molecule has 1 aromatic carbocycles.